The zero-order valence-corrected chi connectivity index (χ0v) is 9.15. The Morgan fingerprint density at radius 1 is 1.25 bits per heavy atom. The lowest BCUT2D eigenvalue weighted by Crippen LogP contribution is -2.14. The molecule has 1 aromatic carbocycles. The van der Waals surface area contributed by atoms with Gasteiger partial charge in [0.25, 0.3) is 0 Å². The van der Waals surface area contributed by atoms with Crippen molar-refractivity contribution in [1.82, 2.24) is 9.97 Å². The molecule has 0 bridgehead atoms. The predicted molar refractivity (Wildman–Crippen MR) is 61.6 cm³/mol. The van der Waals surface area contributed by atoms with E-state index in [0.29, 0.717) is 5.88 Å². The van der Waals surface area contributed by atoms with Crippen LogP contribution >= 0.6 is 0 Å². The number of hydrogen-bond acceptors (Lipinski definition) is 3. The minimum atomic E-state index is -0.394. The van der Waals surface area contributed by atoms with Crippen molar-refractivity contribution in [2.24, 2.45) is 0 Å². The fourth-order valence-corrected chi connectivity index (χ4v) is 1.65. The standard InChI is InChI=1S/C12H12N2O2/c1-8-10(9-6-4-3-5-7-9)11(16-2)14-12(15)13-8/h3-7H,1-2H3,(H,13,14,15). The Kier molecular flexibility index (Phi) is 2.72. The van der Waals surface area contributed by atoms with Gasteiger partial charge in [-0.2, -0.15) is 4.98 Å². The molecule has 82 valence electrons. The minimum absolute atomic E-state index is 0.354. The highest BCUT2D eigenvalue weighted by Crippen LogP contribution is 2.28. The van der Waals surface area contributed by atoms with Gasteiger partial charge >= 0.3 is 5.69 Å². The summed E-state index contributed by atoms with van der Waals surface area (Å²) in [5.74, 6) is 0.354. The van der Waals surface area contributed by atoms with E-state index in [9.17, 15) is 4.79 Å². The molecule has 0 radical (unpaired) electrons. The van der Waals surface area contributed by atoms with Crippen molar-refractivity contribution >= 4 is 0 Å². The van der Waals surface area contributed by atoms with Crippen LogP contribution in [0.5, 0.6) is 5.88 Å². The molecule has 2 rings (SSSR count). The number of methoxy groups -OCH3 is 1. The average Bonchev–Trinajstić information content (AvgIpc) is 2.29. The van der Waals surface area contributed by atoms with Crippen LogP contribution in [0.1, 0.15) is 5.69 Å². The van der Waals surface area contributed by atoms with Gasteiger partial charge in [-0.15, -0.1) is 0 Å². The molecule has 0 spiro atoms. The van der Waals surface area contributed by atoms with Gasteiger partial charge in [0.15, 0.2) is 0 Å². The number of aryl methyl sites for hydroxylation is 1. The lowest BCUT2D eigenvalue weighted by Gasteiger charge is -2.09. The number of benzene rings is 1. The molecule has 4 heteroatoms. The first-order chi connectivity index (χ1) is 7.72. The van der Waals surface area contributed by atoms with Gasteiger partial charge in [0.05, 0.1) is 12.7 Å². The fourth-order valence-electron chi connectivity index (χ4n) is 1.65. The molecule has 4 nitrogen and oxygen atoms in total. The molecule has 0 amide bonds. The lowest BCUT2D eigenvalue weighted by atomic mass is 10.1. The highest BCUT2D eigenvalue weighted by atomic mass is 16.5. The molecule has 1 heterocycles. The molecular formula is C12H12N2O2. The molecule has 0 atom stereocenters. The van der Waals surface area contributed by atoms with Crippen molar-refractivity contribution < 1.29 is 4.74 Å². The van der Waals surface area contributed by atoms with Gasteiger partial charge < -0.3 is 9.72 Å². The molecule has 0 aliphatic rings. The van der Waals surface area contributed by atoms with Crippen LogP contribution in [0.15, 0.2) is 35.1 Å². The zero-order chi connectivity index (χ0) is 11.5. The molecule has 2 aromatic rings. The molecule has 0 saturated carbocycles. The van der Waals surface area contributed by atoms with E-state index in [1.807, 2.05) is 37.3 Å². The largest absolute Gasteiger partial charge is 0.480 e. The summed E-state index contributed by atoms with van der Waals surface area (Å²) in [6, 6.07) is 9.69. The van der Waals surface area contributed by atoms with E-state index < -0.39 is 5.69 Å². The quantitative estimate of drug-likeness (QED) is 0.832. The zero-order valence-electron chi connectivity index (χ0n) is 9.15. The summed E-state index contributed by atoms with van der Waals surface area (Å²) in [6.45, 7) is 1.83. The second kappa shape index (κ2) is 4.18. The molecule has 1 aromatic heterocycles. The third kappa shape index (κ3) is 1.82. The van der Waals surface area contributed by atoms with Crippen molar-refractivity contribution in [3.63, 3.8) is 0 Å². The van der Waals surface area contributed by atoms with Gasteiger partial charge in [-0.1, -0.05) is 30.3 Å². The predicted octanol–water partition coefficient (Wildman–Crippen LogP) is 1.75. The van der Waals surface area contributed by atoms with Crippen LogP contribution in [0.2, 0.25) is 0 Å². The van der Waals surface area contributed by atoms with Gasteiger partial charge in [-0.05, 0) is 12.5 Å². The number of nitrogens with zero attached hydrogens (tertiary/aromatic N) is 1. The first-order valence-electron chi connectivity index (χ1n) is 4.92. The molecule has 0 unspecified atom stereocenters. The highest BCUT2D eigenvalue weighted by Gasteiger charge is 2.11. The average molecular weight is 216 g/mol. The topological polar surface area (TPSA) is 55.0 Å². The van der Waals surface area contributed by atoms with Gasteiger partial charge in [-0.25, -0.2) is 4.79 Å². The smallest absolute Gasteiger partial charge is 0.348 e. The second-order valence-electron chi connectivity index (χ2n) is 3.42. The Balaban J connectivity index is 2.69. The Bertz CT molecular complexity index is 547. The van der Waals surface area contributed by atoms with E-state index in [1.54, 1.807) is 0 Å². The first kappa shape index (κ1) is 10.4. The van der Waals surface area contributed by atoms with Crippen LogP contribution in [0, 0.1) is 6.92 Å². The Morgan fingerprint density at radius 2 is 1.94 bits per heavy atom. The number of nitrogens with one attached hydrogen (secondary N) is 1. The van der Waals surface area contributed by atoms with Crippen molar-refractivity contribution in [2.75, 3.05) is 7.11 Å². The molecule has 0 aliphatic carbocycles. The highest BCUT2D eigenvalue weighted by molar-refractivity contribution is 5.70. The Morgan fingerprint density at radius 3 is 2.56 bits per heavy atom. The summed E-state index contributed by atoms with van der Waals surface area (Å²) in [4.78, 5) is 17.7. The van der Waals surface area contributed by atoms with E-state index in [1.165, 1.54) is 7.11 Å². The van der Waals surface area contributed by atoms with E-state index >= 15 is 0 Å². The van der Waals surface area contributed by atoms with Crippen molar-refractivity contribution in [2.45, 2.75) is 6.92 Å². The number of H-pyrrole nitrogens is 1. The monoisotopic (exact) mass is 216 g/mol. The van der Waals surface area contributed by atoms with Crippen LogP contribution < -0.4 is 10.4 Å². The molecule has 0 fully saturated rings. The molecule has 16 heavy (non-hydrogen) atoms. The maximum absolute atomic E-state index is 11.2. The van der Waals surface area contributed by atoms with Gasteiger partial charge in [0.2, 0.25) is 5.88 Å². The normalized spacial score (nSPS) is 10.1. The SMILES string of the molecule is COc1nc(=O)[nH]c(C)c1-c1ccccc1. The number of hydrogen-bond donors (Lipinski definition) is 1. The summed E-state index contributed by atoms with van der Waals surface area (Å²) in [6.07, 6.45) is 0. The number of ether oxygens (including phenoxy) is 1. The summed E-state index contributed by atoms with van der Waals surface area (Å²) in [5.41, 5.74) is 2.15. The maximum Gasteiger partial charge on any atom is 0.348 e. The van der Waals surface area contributed by atoms with Crippen LogP contribution in [0.25, 0.3) is 11.1 Å². The maximum atomic E-state index is 11.2. The Hall–Kier alpha value is -2.10. The number of aromatic amines is 1. The Labute approximate surface area is 92.9 Å². The summed E-state index contributed by atoms with van der Waals surface area (Å²) < 4.78 is 5.13. The lowest BCUT2D eigenvalue weighted by molar-refractivity contribution is 0.396. The summed E-state index contributed by atoms with van der Waals surface area (Å²) in [5, 5.41) is 0. The van der Waals surface area contributed by atoms with Crippen molar-refractivity contribution in [3.8, 4) is 17.0 Å². The molecule has 0 saturated heterocycles. The van der Waals surface area contributed by atoms with Crippen LogP contribution in [0.3, 0.4) is 0 Å². The van der Waals surface area contributed by atoms with Crippen LogP contribution in [-0.2, 0) is 0 Å². The fraction of sp³-hybridized carbons (Fsp3) is 0.167. The van der Waals surface area contributed by atoms with Crippen molar-refractivity contribution in [1.29, 1.82) is 0 Å². The summed E-state index contributed by atoms with van der Waals surface area (Å²) in [7, 11) is 1.51. The molecule has 0 aliphatic heterocycles. The van der Waals surface area contributed by atoms with Crippen molar-refractivity contribution in [3.05, 3.63) is 46.5 Å². The summed E-state index contributed by atoms with van der Waals surface area (Å²) >= 11 is 0. The van der Waals surface area contributed by atoms with Gasteiger partial charge in [-0.3, -0.25) is 0 Å². The third-order valence-electron chi connectivity index (χ3n) is 2.34. The van der Waals surface area contributed by atoms with E-state index in [2.05, 4.69) is 9.97 Å². The molecule has 1 N–H and O–H groups in total. The molecular weight excluding hydrogens is 204 g/mol. The number of aromatic nitrogens is 2. The van der Waals surface area contributed by atoms with E-state index in [0.717, 1.165) is 16.8 Å². The number of rotatable bonds is 2. The van der Waals surface area contributed by atoms with Crippen LogP contribution in [-0.4, -0.2) is 17.1 Å². The van der Waals surface area contributed by atoms with Crippen LogP contribution in [0.4, 0.5) is 0 Å². The van der Waals surface area contributed by atoms with Gasteiger partial charge in [0, 0.05) is 5.69 Å². The van der Waals surface area contributed by atoms with E-state index in [4.69, 9.17) is 4.74 Å². The third-order valence-corrected chi connectivity index (χ3v) is 2.34. The second-order valence-corrected chi connectivity index (χ2v) is 3.42. The minimum Gasteiger partial charge on any atom is -0.480 e. The first-order valence-corrected chi connectivity index (χ1v) is 4.92. The van der Waals surface area contributed by atoms with E-state index in [-0.39, 0.29) is 0 Å². The van der Waals surface area contributed by atoms with Gasteiger partial charge in [0.1, 0.15) is 0 Å².